The molecule has 4 heteroatoms. The molecule has 1 aromatic rings. The van der Waals surface area contributed by atoms with Gasteiger partial charge in [-0.1, -0.05) is 19.9 Å². The summed E-state index contributed by atoms with van der Waals surface area (Å²) in [6.45, 7) is 6.68. The zero-order valence-electron chi connectivity index (χ0n) is 10.5. The lowest BCUT2D eigenvalue weighted by Crippen LogP contribution is -2.35. The molecule has 2 heterocycles. The van der Waals surface area contributed by atoms with E-state index in [9.17, 15) is 4.79 Å². The first-order valence-electron chi connectivity index (χ1n) is 5.96. The van der Waals surface area contributed by atoms with E-state index >= 15 is 0 Å². The van der Waals surface area contributed by atoms with E-state index in [0.29, 0.717) is 12.5 Å². The van der Waals surface area contributed by atoms with Gasteiger partial charge in [0.1, 0.15) is 6.10 Å². The van der Waals surface area contributed by atoms with Crippen LogP contribution in [-0.2, 0) is 11.3 Å². The molecule has 1 saturated heterocycles. The molecule has 0 aliphatic carbocycles. The highest BCUT2D eigenvalue weighted by atomic mass is 16.6. The van der Waals surface area contributed by atoms with Crippen molar-refractivity contribution in [3.8, 4) is 0 Å². The summed E-state index contributed by atoms with van der Waals surface area (Å²) in [4.78, 5) is 17.8. The van der Waals surface area contributed by atoms with Crippen molar-refractivity contribution in [1.82, 2.24) is 9.88 Å². The molecule has 0 radical (unpaired) electrons. The number of cyclic esters (lactones) is 1. The largest absolute Gasteiger partial charge is 0.444 e. The van der Waals surface area contributed by atoms with Gasteiger partial charge in [0.15, 0.2) is 0 Å². The van der Waals surface area contributed by atoms with Crippen molar-refractivity contribution in [2.45, 2.75) is 39.5 Å². The fourth-order valence-electron chi connectivity index (χ4n) is 2.19. The molecule has 0 spiro atoms. The summed E-state index contributed by atoms with van der Waals surface area (Å²) in [6, 6.07) is 5.81. The monoisotopic (exact) mass is 234 g/mol. The average Bonchev–Trinajstić information content (AvgIpc) is 2.58. The normalized spacial score (nSPS) is 24.2. The molecule has 0 saturated carbocycles. The molecule has 92 valence electrons. The van der Waals surface area contributed by atoms with Gasteiger partial charge in [-0.05, 0) is 25.0 Å². The van der Waals surface area contributed by atoms with E-state index < -0.39 is 0 Å². The minimum Gasteiger partial charge on any atom is -0.444 e. The highest BCUT2D eigenvalue weighted by Gasteiger charge is 2.40. The lowest BCUT2D eigenvalue weighted by molar-refractivity contribution is 0.104. The van der Waals surface area contributed by atoms with E-state index in [0.717, 1.165) is 5.69 Å². The Bertz CT molecular complexity index is 392. The van der Waals surface area contributed by atoms with Crippen molar-refractivity contribution in [3.05, 3.63) is 30.1 Å². The third-order valence-corrected chi connectivity index (χ3v) is 3.15. The second kappa shape index (κ2) is 4.73. The highest BCUT2D eigenvalue weighted by Crippen LogP contribution is 2.25. The molecule has 1 amide bonds. The van der Waals surface area contributed by atoms with Crippen molar-refractivity contribution >= 4 is 6.09 Å². The molecule has 0 bridgehead atoms. The molecule has 1 fully saturated rings. The number of hydrogen-bond donors (Lipinski definition) is 0. The number of rotatable bonds is 3. The van der Waals surface area contributed by atoms with E-state index in [-0.39, 0.29) is 18.2 Å². The molecule has 17 heavy (non-hydrogen) atoms. The van der Waals surface area contributed by atoms with E-state index in [4.69, 9.17) is 4.74 Å². The van der Waals surface area contributed by atoms with Crippen LogP contribution in [0.15, 0.2) is 24.4 Å². The quantitative estimate of drug-likeness (QED) is 0.806. The summed E-state index contributed by atoms with van der Waals surface area (Å²) < 4.78 is 5.38. The second-order valence-electron chi connectivity index (χ2n) is 4.78. The van der Waals surface area contributed by atoms with Crippen molar-refractivity contribution in [2.24, 2.45) is 5.92 Å². The van der Waals surface area contributed by atoms with Gasteiger partial charge in [0.2, 0.25) is 0 Å². The van der Waals surface area contributed by atoms with Crippen LogP contribution in [0.25, 0.3) is 0 Å². The fourth-order valence-corrected chi connectivity index (χ4v) is 2.19. The van der Waals surface area contributed by atoms with Gasteiger partial charge in [0.05, 0.1) is 18.3 Å². The number of aromatic nitrogens is 1. The Balaban J connectivity index is 2.09. The summed E-state index contributed by atoms with van der Waals surface area (Å²) in [5.74, 6) is 0.336. The third kappa shape index (κ3) is 2.40. The predicted octanol–water partition coefficient (Wildman–Crippen LogP) is 2.45. The van der Waals surface area contributed by atoms with Gasteiger partial charge in [-0.25, -0.2) is 4.79 Å². The minimum absolute atomic E-state index is 0.0220. The summed E-state index contributed by atoms with van der Waals surface area (Å²) >= 11 is 0. The van der Waals surface area contributed by atoms with Gasteiger partial charge in [-0.2, -0.15) is 0 Å². The van der Waals surface area contributed by atoms with Crippen molar-refractivity contribution in [3.63, 3.8) is 0 Å². The number of carbonyl (C=O) groups is 1. The summed E-state index contributed by atoms with van der Waals surface area (Å²) in [6.07, 6.45) is 1.48. The van der Waals surface area contributed by atoms with E-state index in [2.05, 4.69) is 18.8 Å². The number of pyridine rings is 1. The van der Waals surface area contributed by atoms with Crippen LogP contribution in [0.5, 0.6) is 0 Å². The minimum atomic E-state index is -0.234. The first-order valence-corrected chi connectivity index (χ1v) is 5.96. The Hall–Kier alpha value is -1.58. The van der Waals surface area contributed by atoms with Gasteiger partial charge in [-0.3, -0.25) is 9.88 Å². The van der Waals surface area contributed by atoms with Crippen LogP contribution in [0, 0.1) is 5.92 Å². The predicted molar refractivity (Wildman–Crippen MR) is 64.3 cm³/mol. The molecular weight excluding hydrogens is 216 g/mol. The molecule has 1 aliphatic heterocycles. The van der Waals surface area contributed by atoms with Gasteiger partial charge >= 0.3 is 6.09 Å². The van der Waals surface area contributed by atoms with E-state index in [1.165, 1.54) is 0 Å². The van der Waals surface area contributed by atoms with Crippen LogP contribution >= 0.6 is 0 Å². The van der Waals surface area contributed by atoms with E-state index in [1.54, 1.807) is 11.1 Å². The molecule has 1 unspecified atom stereocenters. The number of carbonyl (C=O) groups excluding carboxylic acids is 1. The van der Waals surface area contributed by atoms with Crippen molar-refractivity contribution < 1.29 is 9.53 Å². The lowest BCUT2D eigenvalue weighted by Gasteiger charge is -2.22. The Kier molecular flexibility index (Phi) is 3.31. The van der Waals surface area contributed by atoms with Crippen LogP contribution < -0.4 is 0 Å². The van der Waals surface area contributed by atoms with Gasteiger partial charge in [0.25, 0.3) is 0 Å². The topological polar surface area (TPSA) is 42.4 Å². The molecule has 1 aromatic heterocycles. The lowest BCUT2D eigenvalue weighted by atomic mass is 10.0. The Labute approximate surface area is 102 Å². The third-order valence-electron chi connectivity index (χ3n) is 3.15. The number of nitrogens with zero attached hydrogens (tertiary/aromatic N) is 2. The van der Waals surface area contributed by atoms with Crippen LogP contribution in [-0.4, -0.2) is 28.1 Å². The summed E-state index contributed by atoms with van der Waals surface area (Å²) in [5.41, 5.74) is 0.890. The maximum absolute atomic E-state index is 11.8. The highest BCUT2D eigenvalue weighted by molar-refractivity contribution is 5.70. The van der Waals surface area contributed by atoms with E-state index in [1.807, 2.05) is 25.1 Å². The standard InChI is InChI=1S/C13H18N2O2/c1-9(2)12-10(3)15(13(16)17-12)8-11-6-4-5-7-14-11/h4-7,9-10,12H,8H2,1-3H3/t10-,12?/m1/s1. The smallest absolute Gasteiger partial charge is 0.410 e. The second-order valence-corrected chi connectivity index (χ2v) is 4.78. The summed E-state index contributed by atoms with van der Waals surface area (Å²) in [7, 11) is 0. The Morgan fingerprint density at radius 2 is 2.24 bits per heavy atom. The van der Waals surface area contributed by atoms with Crippen LogP contribution in [0.4, 0.5) is 4.79 Å². The van der Waals surface area contributed by atoms with Gasteiger partial charge in [-0.15, -0.1) is 0 Å². The van der Waals surface area contributed by atoms with Crippen LogP contribution in [0.1, 0.15) is 26.5 Å². The molecule has 0 aromatic carbocycles. The summed E-state index contributed by atoms with van der Waals surface area (Å²) in [5, 5.41) is 0. The van der Waals surface area contributed by atoms with Crippen LogP contribution in [0.2, 0.25) is 0 Å². The first-order chi connectivity index (χ1) is 8.09. The number of hydrogen-bond acceptors (Lipinski definition) is 3. The van der Waals surface area contributed by atoms with Gasteiger partial charge in [0, 0.05) is 6.20 Å². The van der Waals surface area contributed by atoms with Crippen molar-refractivity contribution in [2.75, 3.05) is 0 Å². The zero-order valence-corrected chi connectivity index (χ0v) is 10.5. The van der Waals surface area contributed by atoms with Crippen molar-refractivity contribution in [1.29, 1.82) is 0 Å². The zero-order chi connectivity index (χ0) is 12.4. The Morgan fingerprint density at radius 3 is 2.76 bits per heavy atom. The Morgan fingerprint density at radius 1 is 1.47 bits per heavy atom. The first kappa shape index (κ1) is 11.9. The average molecular weight is 234 g/mol. The molecule has 2 rings (SSSR count). The maximum Gasteiger partial charge on any atom is 0.410 e. The number of amides is 1. The molecular formula is C13H18N2O2. The maximum atomic E-state index is 11.8. The molecule has 2 atom stereocenters. The fraction of sp³-hybridized carbons (Fsp3) is 0.538. The van der Waals surface area contributed by atoms with Crippen LogP contribution in [0.3, 0.4) is 0 Å². The molecule has 4 nitrogen and oxygen atoms in total. The molecule has 1 aliphatic rings. The SMILES string of the molecule is CC(C)C1OC(=O)N(Cc2ccccn2)[C@@H]1C. The number of ether oxygens (including phenoxy) is 1. The van der Waals surface area contributed by atoms with Gasteiger partial charge < -0.3 is 4.74 Å². The molecule has 0 N–H and O–H groups in total.